The molecule has 0 spiro atoms. The summed E-state index contributed by atoms with van der Waals surface area (Å²) >= 11 is 7.62. The van der Waals surface area contributed by atoms with E-state index in [1.165, 1.54) is 44.1 Å². The Labute approximate surface area is 159 Å². The van der Waals surface area contributed by atoms with E-state index in [0.29, 0.717) is 5.69 Å². The number of hydrogen-bond acceptors (Lipinski definition) is 4. The number of aromatic nitrogens is 1. The van der Waals surface area contributed by atoms with Gasteiger partial charge in [0.2, 0.25) is 0 Å². The predicted octanol–water partition coefficient (Wildman–Crippen LogP) is 5.89. The highest BCUT2D eigenvalue weighted by atomic mass is 35.5. The first-order chi connectivity index (χ1) is 12.2. The van der Waals surface area contributed by atoms with Crippen LogP contribution in [0, 0.1) is 12.8 Å². The van der Waals surface area contributed by atoms with Crippen LogP contribution in [0.4, 0.5) is 5.13 Å². The molecule has 1 aliphatic rings. The van der Waals surface area contributed by atoms with Gasteiger partial charge in [-0.2, -0.15) is 0 Å². The van der Waals surface area contributed by atoms with Crippen LogP contribution in [-0.2, 0) is 6.54 Å². The van der Waals surface area contributed by atoms with Crippen molar-refractivity contribution in [2.24, 2.45) is 5.92 Å². The first-order valence-corrected chi connectivity index (χ1v) is 10.3. The van der Waals surface area contributed by atoms with Gasteiger partial charge < -0.3 is 4.90 Å². The summed E-state index contributed by atoms with van der Waals surface area (Å²) < 4.78 is 0. The van der Waals surface area contributed by atoms with E-state index in [1.54, 1.807) is 11.3 Å². The van der Waals surface area contributed by atoms with Gasteiger partial charge in [0.15, 0.2) is 11.4 Å². The van der Waals surface area contributed by atoms with Crippen LogP contribution in [0.5, 0.6) is 0 Å². The third kappa shape index (κ3) is 5.05. The number of rotatable bonds is 7. The number of aryl methyl sites for hydroxylation is 1. The second kappa shape index (κ2) is 8.81. The molecule has 1 aliphatic carbocycles. The topological polar surface area (TPSA) is 33.2 Å². The summed E-state index contributed by atoms with van der Waals surface area (Å²) in [6.45, 7) is 3.75. The largest absolute Gasteiger partial charge is 0.344 e. The minimum absolute atomic E-state index is 0.568. The SMILES string of the molecule is Cc1sc(N(CCC2CCCCC2)Cc2ccc(Cl)cc2)nc1C=O. The van der Waals surface area contributed by atoms with Gasteiger partial charge in [0.25, 0.3) is 0 Å². The van der Waals surface area contributed by atoms with Crippen LogP contribution in [0.1, 0.15) is 59.5 Å². The molecule has 1 heterocycles. The number of hydrogen-bond donors (Lipinski definition) is 0. The van der Waals surface area contributed by atoms with Gasteiger partial charge in [0, 0.05) is 23.0 Å². The molecule has 0 unspecified atom stereocenters. The van der Waals surface area contributed by atoms with Crippen molar-refractivity contribution in [1.82, 2.24) is 4.98 Å². The monoisotopic (exact) mass is 376 g/mol. The van der Waals surface area contributed by atoms with E-state index in [9.17, 15) is 4.79 Å². The third-order valence-electron chi connectivity index (χ3n) is 5.02. The fourth-order valence-corrected chi connectivity index (χ4v) is 4.53. The lowest BCUT2D eigenvalue weighted by atomic mass is 9.87. The van der Waals surface area contributed by atoms with Crippen LogP contribution >= 0.6 is 22.9 Å². The maximum Gasteiger partial charge on any atom is 0.186 e. The van der Waals surface area contributed by atoms with Gasteiger partial charge in [0.05, 0.1) is 0 Å². The second-order valence-electron chi connectivity index (χ2n) is 6.90. The number of halogens is 1. The van der Waals surface area contributed by atoms with E-state index in [-0.39, 0.29) is 0 Å². The minimum Gasteiger partial charge on any atom is -0.344 e. The molecule has 0 amide bonds. The summed E-state index contributed by atoms with van der Waals surface area (Å²) in [4.78, 5) is 19.0. The molecule has 3 rings (SSSR count). The van der Waals surface area contributed by atoms with Crippen molar-refractivity contribution in [3.63, 3.8) is 0 Å². The zero-order chi connectivity index (χ0) is 17.6. The van der Waals surface area contributed by atoms with E-state index in [1.807, 2.05) is 19.1 Å². The maximum atomic E-state index is 11.2. The first kappa shape index (κ1) is 18.4. The highest BCUT2D eigenvalue weighted by molar-refractivity contribution is 7.15. The number of benzene rings is 1. The van der Waals surface area contributed by atoms with Gasteiger partial charge in [0.1, 0.15) is 5.69 Å². The number of thiazole rings is 1. The van der Waals surface area contributed by atoms with Crippen LogP contribution in [0.3, 0.4) is 0 Å². The Balaban J connectivity index is 1.74. The molecule has 0 saturated heterocycles. The molecule has 1 aromatic carbocycles. The predicted molar refractivity (Wildman–Crippen MR) is 106 cm³/mol. The molecule has 1 saturated carbocycles. The van der Waals surface area contributed by atoms with Crippen LogP contribution in [-0.4, -0.2) is 17.8 Å². The normalized spacial score (nSPS) is 15.3. The molecule has 25 heavy (non-hydrogen) atoms. The van der Waals surface area contributed by atoms with Gasteiger partial charge in [-0.25, -0.2) is 4.98 Å². The summed E-state index contributed by atoms with van der Waals surface area (Å²) in [5.41, 5.74) is 1.78. The smallest absolute Gasteiger partial charge is 0.186 e. The van der Waals surface area contributed by atoms with Crippen molar-refractivity contribution in [3.8, 4) is 0 Å². The number of nitrogens with zero attached hydrogens (tertiary/aromatic N) is 2. The molecule has 3 nitrogen and oxygen atoms in total. The summed E-state index contributed by atoms with van der Waals surface area (Å²) in [7, 11) is 0. The highest BCUT2D eigenvalue weighted by Crippen LogP contribution is 2.30. The number of carbonyl (C=O) groups excluding carboxylic acids is 1. The van der Waals surface area contributed by atoms with Gasteiger partial charge >= 0.3 is 0 Å². The van der Waals surface area contributed by atoms with E-state index in [2.05, 4.69) is 22.0 Å². The average molecular weight is 377 g/mol. The van der Waals surface area contributed by atoms with Crippen molar-refractivity contribution in [3.05, 3.63) is 45.4 Å². The first-order valence-electron chi connectivity index (χ1n) is 9.07. The number of anilines is 1. The van der Waals surface area contributed by atoms with Crippen molar-refractivity contribution in [2.45, 2.75) is 52.0 Å². The summed E-state index contributed by atoms with van der Waals surface area (Å²) in [5.74, 6) is 0.827. The van der Waals surface area contributed by atoms with Crippen molar-refractivity contribution < 1.29 is 4.79 Å². The Bertz CT molecular complexity index is 692. The van der Waals surface area contributed by atoms with Crippen molar-refractivity contribution in [1.29, 1.82) is 0 Å². The minimum atomic E-state index is 0.568. The van der Waals surface area contributed by atoms with Gasteiger partial charge in [-0.1, -0.05) is 55.8 Å². The molecule has 0 radical (unpaired) electrons. The average Bonchev–Trinajstić information content (AvgIpc) is 3.02. The molecule has 2 aromatic rings. The summed E-state index contributed by atoms with van der Waals surface area (Å²) in [6, 6.07) is 7.99. The van der Waals surface area contributed by atoms with Crippen molar-refractivity contribution >= 4 is 34.4 Å². The maximum absolute atomic E-state index is 11.2. The molecule has 134 valence electrons. The zero-order valence-corrected chi connectivity index (χ0v) is 16.3. The molecule has 1 fully saturated rings. The lowest BCUT2D eigenvalue weighted by molar-refractivity contribution is 0.111. The molecule has 5 heteroatoms. The fourth-order valence-electron chi connectivity index (χ4n) is 3.51. The van der Waals surface area contributed by atoms with E-state index in [0.717, 1.165) is 40.3 Å². The summed E-state index contributed by atoms with van der Waals surface area (Å²) in [5, 5.41) is 1.70. The van der Waals surface area contributed by atoms with Crippen LogP contribution in [0.25, 0.3) is 0 Å². The quantitative estimate of drug-likeness (QED) is 0.564. The molecular weight excluding hydrogens is 352 g/mol. The second-order valence-corrected chi connectivity index (χ2v) is 8.51. The van der Waals surface area contributed by atoms with Gasteiger partial charge in [-0.05, 0) is 37.0 Å². The Morgan fingerprint density at radius 3 is 2.60 bits per heavy atom. The molecular formula is C20H25ClN2OS. The van der Waals surface area contributed by atoms with Crippen LogP contribution in [0.15, 0.2) is 24.3 Å². The third-order valence-corrected chi connectivity index (χ3v) is 6.32. The Hall–Kier alpha value is -1.39. The lowest BCUT2D eigenvalue weighted by Crippen LogP contribution is -2.26. The van der Waals surface area contributed by atoms with Gasteiger partial charge in [-0.15, -0.1) is 11.3 Å². The molecule has 0 N–H and O–H groups in total. The van der Waals surface area contributed by atoms with E-state index in [4.69, 9.17) is 11.6 Å². The fraction of sp³-hybridized carbons (Fsp3) is 0.500. The molecule has 0 bridgehead atoms. The standard InChI is InChI=1S/C20H25ClN2OS/c1-15-19(14-24)22-20(25-15)23(12-11-16-5-3-2-4-6-16)13-17-7-9-18(21)10-8-17/h7-10,14,16H,2-6,11-13H2,1H3. The molecule has 1 aromatic heterocycles. The lowest BCUT2D eigenvalue weighted by Gasteiger charge is -2.27. The molecule has 0 aliphatic heterocycles. The van der Waals surface area contributed by atoms with E-state index >= 15 is 0 Å². The molecule has 0 atom stereocenters. The highest BCUT2D eigenvalue weighted by Gasteiger charge is 2.18. The number of carbonyl (C=O) groups is 1. The Morgan fingerprint density at radius 2 is 1.96 bits per heavy atom. The van der Waals surface area contributed by atoms with Crippen LogP contribution < -0.4 is 4.90 Å². The van der Waals surface area contributed by atoms with Crippen molar-refractivity contribution in [2.75, 3.05) is 11.4 Å². The van der Waals surface area contributed by atoms with Gasteiger partial charge in [-0.3, -0.25) is 4.79 Å². The zero-order valence-electron chi connectivity index (χ0n) is 14.7. The Morgan fingerprint density at radius 1 is 1.24 bits per heavy atom. The summed E-state index contributed by atoms with van der Waals surface area (Å²) in [6.07, 6.45) is 8.89. The Kier molecular flexibility index (Phi) is 6.49. The number of aldehydes is 1. The van der Waals surface area contributed by atoms with E-state index < -0.39 is 0 Å². The van der Waals surface area contributed by atoms with Crippen LogP contribution in [0.2, 0.25) is 5.02 Å².